The maximum absolute atomic E-state index is 12.8. The second-order valence-electron chi connectivity index (χ2n) is 6.61. The lowest BCUT2D eigenvalue weighted by Gasteiger charge is -2.13. The molecule has 2 heterocycles. The highest BCUT2D eigenvalue weighted by molar-refractivity contribution is 7.99. The van der Waals surface area contributed by atoms with Gasteiger partial charge in [-0.2, -0.15) is 0 Å². The predicted molar refractivity (Wildman–Crippen MR) is 109 cm³/mol. The van der Waals surface area contributed by atoms with Gasteiger partial charge in [-0.05, 0) is 75.1 Å². The van der Waals surface area contributed by atoms with E-state index in [1.807, 2.05) is 29.7 Å². The molecule has 0 spiro atoms. The molecule has 0 saturated heterocycles. The average Bonchev–Trinajstić information content (AvgIpc) is 3.10. The smallest absolute Gasteiger partial charge is 0.191 e. The van der Waals surface area contributed by atoms with Crippen LogP contribution in [0.3, 0.4) is 0 Å². The Balaban J connectivity index is 1.82. The molecule has 0 aliphatic rings. The number of rotatable bonds is 6. The monoisotopic (exact) mass is 380 g/mol. The van der Waals surface area contributed by atoms with Crippen molar-refractivity contribution in [1.82, 2.24) is 19.7 Å². The van der Waals surface area contributed by atoms with Crippen molar-refractivity contribution in [3.63, 3.8) is 0 Å². The van der Waals surface area contributed by atoms with Gasteiger partial charge >= 0.3 is 0 Å². The number of carbonyl (C=O) groups is 1. The Morgan fingerprint density at radius 3 is 2.41 bits per heavy atom. The maximum Gasteiger partial charge on any atom is 0.191 e. The lowest BCUT2D eigenvalue weighted by atomic mass is 9.93. The van der Waals surface area contributed by atoms with Crippen LogP contribution in [0.1, 0.15) is 39.5 Å². The van der Waals surface area contributed by atoms with Crippen LogP contribution in [0.5, 0.6) is 0 Å². The number of aromatic nitrogens is 4. The molecule has 140 valence electrons. The summed E-state index contributed by atoms with van der Waals surface area (Å²) in [5.74, 6) is 1.27. The fourth-order valence-corrected chi connectivity index (χ4v) is 3.99. The molecule has 6 heteroatoms. The summed E-state index contributed by atoms with van der Waals surface area (Å²) in [7, 11) is 0. The predicted octanol–water partition coefficient (Wildman–Crippen LogP) is 4.57. The van der Waals surface area contributed by atoms with Gasteiger partial charge in [-0.1, -0.05) is 11.8 Å². The molecule has 3 aromatic rings. The molecular weight excluding hydrogens is 356 g/mol. The highest BCUT2D eigenvalue weighted by atomic mass is 32.2. The molecule has 0 radical (unpaired) electrons. The first-order valence-corrected chi connectivity index (χ1v) is 9.99. The number of hydrogen-bond acceptors (Lipinski definition) is 5. The third-order valence-corrected chi connectivity index (χ3v) is 6.05. The van der Waals surface area contributed by atoms with Crippen LogP contribution in [0, 0.1) is 27.7 Å². The van der Waals surface area contributed by atoms with Crippen LogP contribution in [0.2, 0.25) is 0 Å². The van der Waals surface area contributed by atoms with Crippen molar-refractivity contribution >= 4 is 17.5 Å². The zero-order valence-electron chi connectivity index (χ0n) is 16.4. The lowest BCUT2D eigenvalue weighted by molar-refractivity contribution is 0.102. The quantitative estimate of drug-likeness (QED) is 0.463. The zero-order valence-corrected chi connectivity index (χ0v) is 17.2. The van der Waals surface area contributed by atoms with Gasteiger partial charge in [0.05, 0.1) is 5.75 Å². The minimum Gasteiger partial charge on any atom is -0.302 e. The molecule has 1 aromatic carbocycles. The first kappa shape index (κ1) is 19.3. The zero-order chi connectivity index (χ0) is 19.6. The van der Waals surface area contributed by atoms with Gasteiger partial charge in [0.2, 0.25) is 0 Å². The number of hydrogen-bond donors (Lipinski definition) is 0. The molecular formula is C21H24N4OS. The van der Waals surface area contributed by atoms with Crippen LogP contribution >= 0.6 is 11.8 Å². The molecule has 0 bridgehead atoms. The van der Waals surface area contributed by atoms with E-state index in [0.717, 1.165) is 39.8 Å². The molecule has 0 aliphatic heterocycles. The minimum absolute atomic E-state index is 0.125. The molecule has 0 N–H and O–H groups in total. The third kappa shape index (κ3) is 3.81. The van der Waals surface area contributed by atoms with Crippen LogP contribution in [0.4, 0.5) is 0 Å². The van der Waals surface area contributed by atoms with Crippen LogP contribution in [0.25, 0.3) is 11.4 Å². The molecule has 0 amide bonds. The van der Waals surface area contributed by atoms with E-state index in [-0.39, 0.29) is 5.78 Å². The van der Waals surface area contributed by atoms with E-state index in [0.29, 0.717) is 5.75 Å². The summed E-state index contributed by atoms with van der Waals surface area (Å²) in [5, 5.41) is 9.38. The van der Waals surface area contributed by atoms with Crippen LogP contribution in [0.15, 0.2) is 35.7 Å². The lowest BCUT2D eigenvalue weighted by Crippen LogP contribution is -2.09. The van der Waals surface area contributed by atoms with Crippen molar-refractivity contribution in [3.8, 4) is 11.4 Å². The number of pyridine rings is 1. The number of ketones is 1. The second-order valence-corrected chi connectivity index (χ2v) is 7.56. The van der Waals surface area contributed by atoms with Gasteiger partial charge < -0.3 is 4.57 Å². The third-order valence-electron chi connectivity index (χ3n) is 5.09. The van der Waals surface area contributed by atoms with Gasteiger partial charge in [-0.25, -0.2) is 0 Å². The number of aryl methyl sites for hydroxylation is 1. The van der Waals surface area contributed by atoms with Crippen molar-refractivity contribution < 1.29 is 4.79 Å². The molecule has 0 fully saturated rings. The Morgan fingerprint density at radius 1 is 1.04 bits per heavy atom. The molecule has 2 aromatic heterocycles. The molecule has 27 heavy (non-hydrogen) atoms. The number of carbonyl (C=O) groups excluding carboxylic acids is 1. The maximum atomic E-state index is 12.8. The van der Waals surface area contributed by atoms with Crippen LogP contribution in [-0.4, -0.2) is 31.3 Å². The average molecular weight is 381 g/mol. The largest absolute Gasteiger partial charge is 0.302 e. The summed E-state index contributed by atoms with van der Waals surface area (Å²) in [6.07, 6.45) is 3.48. The number of nitrogens with zero attached hydrogens (tertiary/aromatic N) is 4. The van der Waals surface area contributed by atoms with E-state index in [2.05, 4.69) is 42.9 Å². The van der Waals surface area contributed by atoms with E-state index in [1.165, 1.54) is 22.9 Å². The number of benzene rings is 1. The van der Waals surface area contributed by atoms with Gasteiger partial charge in [-0.15, -0.1) is 10.2 Å². The van der Waals surface area contributed by atoms with Crippen LogP contribution < -0.4 is 0 Å². The van der Waals surface area contributed by atoms with Gasteiger partial charge in [0.25, 0.3) is 0 Å². The van der Waals surface area contributed by atoms with Crippen molar-refractivity contribution in [2.24, 2.45) is 0 Å². The van der Waals surface area contributed by atoms with E-state index in [9.17, 15) is 4.79 Å². The summed E-state index contributed by atoms with van der Waals surface area (Å²) in [6, 6.07) is 5.83. The van der Waals surface area contributed by atoms with E-state index in [4.69, 9.17) is 0 Å². The second kappa shape index (κ2) is 8.05. The topological polar surface area (TPSA) is 60.7 Å². The first-order valence-electron chi connectivity index (χ1n) is 9.01. The Hall–Kier alpha value is -2.47. The number of thioether (sulfide) groups is 1. The van der Waals surface area contributed by atoms with Crippen molar-refractivity contribution in [2.75, 3.05) is 5.75 Å². The Labute approximate surface area is 164 Å². The molecule has 5 nitrogen and oxygen atoms in total. The fourth-order valence-electron chi connectivity index (χ4n) is 3.10. The highest BCUT2D eigenvalue weighted by Gasteiger charge is 2.17. The summed E-state index contributed by atoms with van der Waals surface area (Å²) in [4.78, 5) is 16.9. The van der Waals surface area contributed by atoms with E-state index in [1.54, 1.807) is 12.4 Å². The Morgan fingerprint density at radius 2 is 1.74 bits per heavy atom. The Bertz CT molecular complexity index is 980. The molecule has 3 rings (SSSR count). The van der Waals surface area contributed by atoms with Gasteiger partial charge in [0, 0.05) is 30.1 Å². The fraction of sp³-hybridized carbons (Fsp3) is 0.333. The van der Waals surface area contributed by atoms with Crippen LogP contribution in [-0.2, 0) is 6.54 Å². The first-order chi connectivity index (χ1) is 12.9. The van der Waals surface area contributed by atoms with Gasteiger partial charge in [0.15, 0.2) is 16.8 Å². The summed E-state index contributed by atoms with van der Waals surface area (Å²) < 4.78 is 2.03. The van der Waals surface area contributed by atoms with Crippen molar-refractivity contribution in [3.05, 3.63) is 58.4 Å². The summed E-state index contributed by atoms with van der Waals surface area (Å²) in [6.45, 7) is 11.1. The molecule has 0 saturated carbocycles. The highest BCUT2D eigenvalue weighted by Crippen LogP contribution is 2.26. The minimum atomic E-state index is 0.125. The summed E-state index contributed by atoms with van der Waals surface area (Å²) >= 11 is 1.44. The standard InChI is InChI=1S/C21H24N4OS/c1-6-25-20(17-7-9-22-10-8-17)23-24-21(25)27-12-19(26)18-11-13(2)14(3)15(4)16(18)5/h7-11H,6,12H2,1-5H3. The normalized spacial score (nSPS) is 11.0. The SMILES string of the molecule is CCn1c(SCC(=O)c2cc(C)c(C)c(C)c2C)nnc1-c1ccncc1. The van der Waals surface area contributed by atoms with E-state index < -0.39 is 0 Å². The summed E-state index contributed by atoms with van der Waals surface area (Å²) in [5.41, 5.74) is 6.45. The van der Waals surface area contributed by atoms with E-state index >= 15 is 0 Å². The van der Waals surface area contributed by atoms with Crippen molar-refractivity contribution in [1.29, 1.82) is 0 Å². The Kier molecular flexibility index (Phi) is 5.75. The van der Waals surface area contributed by atoms with Crippen molar-refractivity contribution in [2.45, 2.75) is 46.3 Å². The molecule has 0 unspecified atom stereocenters. The number of Topliss-reactive ketones (excluding diaryl/α,β-unsaturated/α-hetero) is 1. The van der Waals surface area contributed by atoms with Gasteiger partial charge in [0.1, 0.15) is 0 Å². The van der Waals surface area contributed by atoms with Gasteiger partial charge in [-0.3, -0.25) is 9.78 Å². The molecule has 0 atom stereocenters. The molecule has 0 aliphatic carbocycles.